The van der Waals surface area contributed by atoms with Gasteiger partial charge < -0.3 is 20.1 Å². The molecule has 6 atom stereocenters. The molecule has 0 bridgehead atoms. The summed E-state index contributed by atoms with van der Waals surface area (Å²) in [6.07, 6.45) is 5.06. The van der Waals surface area contributed by atoms with E-state index in [-0.39, 0.29) is 36.9 Å². The topological polar surface area (TPSA) is 95.9 Å². The normalized spacial score (nSPS) is 27.0. The lowest BCUT2D eigenvalue weighted by Gasteiger charge is -2.34. The van der Waals surface area contributed by atoms with Gasteiger partial charge in [0.05, 0.1) is 31.1 Å². The maximum atomic E-state index is 13.9. The van der Waals surface area contributed by atoms with E-state index in [0.29, 0.717) is 23.6 Å². The molecule has 1 aliphatic heterocycles. The molecule has 2 amide bonds. The number of aliphatic hydroxyl groups is 1. The van der Waals surface area contributed by atoms with Crippen LogP contribution in [-0.2, 0) is 19.1 Å². The van der Waals surface area contributed by atoms with E-state index in [1.807, 2.05) is 32.9 Å². The quantitative estimate of drug-likeness (QED) is 0.404. The van der Waals surface area contributed by atoms with Gasteiger partial charge in [-0.1, -0.05) is 44.5 Å². The third-order valence-electron chi connectivity index (χ3n) is 6.81. The first-order valence-corrected chi connectivity index (χ1v) is 12.5. The lowest BCUT2D eigenvalue weighted by molar-refractivity contribution is -0.156. The fraction of sp³-hybridized carbons (Fsp3) is 0.577. The van der Waals surface area contributed by atoms with Crippen LogP contribution in [0.4, 0.5) is 5.69 Å². The van der Waals surface area contributed by atoms with Crippen LogP contribution >= 0.6 is 11.6 Å². The van der Waals surface area contributed by atoms with E-state index >= 15 is 0 Å². The number of amides is 2. The zero-order chi connectivity index (χ0) is 25.0. The van der Waals surface area contributed by atoms with E-state index in [1.165, 1.54) is 4.90 Å². The van der Waals surface area contributed by atoms with E-state index in [0.717, 1.165) is 0 Å². The molecule has 1 heterocycles. The Morgan fingerprint density at radius 3 is 2.41 bits per heavy atom. The second kappa shape index (κ2) is 11.4. The van der Waals surface area contributed by atoms with Crippen molar-refractivity contribution in [3.8, 4) is 0 Å². The third kappa shape index (κ3) is 5.31. The molecule has 1 aromatic rings. The van der Waals surface area contributed by atoms with Crippen molar-refractivity contribution >= 4 is 35.1 Å². The highest BCUT2D eigenvalue weighted by molar-refractivity contribution is 6.30. The van der Waals surface area contributed by atoms with Crippen molar-refractivity contribution < 1.29 is 24.2 Å². The number of nitrogens with one attached hydrogen (secondary N) is 1. The molecule has 1 fully saturated rings. The molecule has 2 N–H and O–H groups in total. The summed E-state index contributed by atoms with van der Waals surface area (Å²) in [4.78, 5) is 42.0. The van der Waals surface area contributed by atoms with Gasteiger partial charge in [0.2, 0.25) is 11.8 Å². The summed E-state index contributed by atoms with van der Waals surface area (Å²) in [7, 11) is 0. The van der Waals surface area contributed by atoms with E-state index in [4.69, 9.17) is 16.3 Å². The number of esters is 1. The summed E-state index contributed by atoms with van der Waals surface area (Å²) in [5.74, 6) is -2.87. The molecule has 0 aromatic heterocycles. The highest BCUT2D eigenvalue weighted by Gasteiger charge is 2.58. The van der Waals surface area contributed by atoms with Crippen molar-refractivity contribution in [2.75, 3.05) is 18.5 Å². The number of allylic oxidation sites excluding steroid dienone is 1. The van der Waals surface area contributed by atoms with Gasteiger partial charge in [-0.2, -0.15) is 0 Å². The second-order valence-electron chi connectivity index (χ2n) is 9.49. The lowest BCUT2D eigenvalue weighted by Crippen LogP contribution is -2.51. The van der Waals surface area contributed by atoms with Crippen LogP contribution in [0.25, 0.3) is 0 Å². The second-order valence-corrected chi connectivity index (χ2v) is 9.93. The molecule has 0 radical (unpaired) electrons. The molecule has 3 rings (SSSR count). The van der Waals surface area contributed by atoms with Crippen LogP contribution in [0.2, 0.25) is 5.02 Å². The van der Waals surface area contributed by atoms with Gasteiger partial charge in [0.15, 0.2) is 0 Å². The average Bonchev–Trinajstić information content (AvgIpc) is 3.10. The Kier molecular flexibility index (Phi) is 8.77. The lowest BCUT2D eigenvalue weighted by atomic mass is 9.69. The van der Waals surface area contributed by atoms with Gasteiger partial charge >= 0.3 is 5.97 Å². The monoisotopic (exact) mass is 490 g/mol. The van der Waals surface area contributed by atoms with Gasteiger partial charge in [-0.05, 0) is 55.9 Å². The van der Waals surface area contributed by atoms with E-state index in [2.05, 4.69) is 5.32 Å². The number of carbonyl (C=O) groups is 3. The third-order valence-corrected chi connectivity index (χ3v) is 7.06. The van der Waals surface area contributed by atoms with Crippen LogP contribution in [0, 0.1) is 29.6 Å². The molecular weight excluding hydrogens is 456 g/mol. The zero-order valence-corrected chi connectivity index (χ0v) is 21.0. The number of rotatable bonds is 9. The number of hydrogen-bond donors (Lipinski definition) is 2. The predicted octanol–water partition coefficient (Wildman–Crippen LogP) is 3.90. The maximum Gasteiger partial charge on any atom is 0.310 e. The van der Waals surface area contributed by atoms with Crippen molar-refractivity contribution in [2.24, 2.45) is 29.6 Å². The maximum absolute atomic E-state index is 13.9. The molecular formula is C26H35ClN2O5. The molecule has 0 unspecified atom stereocenters. The molecule has 1 aliphatic carbocycles. The minimum atomic E-state index is -0.852. The van der Waals surface area contributed by atoms with E-state index < -0.39 is 35.8 Å². The fourth-order valence-corrected chi connectivity index (χ4v) is 5.48. The van der Waals surface area contributed by atoms with Crippen molar-refractivity contribution in [3.63, 3.8) is 0 Å². The Hall–Kier alpha value is -2.38. The number of fused-ring (bicyclic) bond motifs is 1. The van der Waals surface area contributed by atoms with Gasteiger partial charge in [0.1, 0.15) is 6.04 Å². The molecule has 2 aliphatic rings. The first-order chi connectivity index (χ1) is 16.2. The summed E-state index contributed by atoms with van der Waals surface area (Å²) in [6.45, 7) is 7.68. The summed E-state index contributed by atoms with van der Waals surface area (Å²) in [6, 6.07) is 5.36. The van der Waals surface area contributed by atoms with Crippen LogP contribution < -0.4 is 5.32 Å². The van der Waals surface area contributed by atoms with E-state index in [1.54, 1.807) is 31.2 Å². The molecule has 1 saturated heterocycles. The first kappa shape index (κ1) is 26.2. The Morgan fingerprint density at radius 1 is 1.18 bits per heavy atom. The molecule has 186 valence electrons. The van der Waals surface area contributed by atoms with Crippen molar-refractivity contribution in [3.05, 3.63) is 41.4 Å². The number of benzene rings is 1. The number of anilines is 1. The van der Waals surface area contributed by atoms with Crippen molar-refractivity contribution in [1.29, 1.82) is 0 Å². The average molecular weight is 491 g/mol. The number of hydrogen-bond acceptors (Lipinski definition) is 5. The largest absolute Gasteiger partial charge is 0.466 e. The van der Waals surface area contributed by atoms with Gasteiger partial charge in [-0.25, -0.2) is 0 Å². The Morgan fingerprint density at radius 2 is 1.85 bits per heavy atom. The van der Waals surface area contributed by atoms with Gasteiger partial charge in [-0.15, -0.1) is 0 Å². The highest BCUT2D eigenvalue weighted by Crippen LogP contribution is 2.46. The summed E-state index contributed by atoms with van der Waals surface area (Å²) >= 11 is 5.97. The highest BCUT2D eigenvalue weighted by atomic mass is 35.5. The smallest absolute Gasteiger partial charge is 0.310 e. The summed E-state index contributed by atoms with van der Waals surface area (Å²) in [5, 5.41) is 13.7. The SMILES string of the molecule is CCOC(=O)[C@H]1[C@H]2C(=O)N([C@@H](CO)CC(C)C)[C@H](C(=O)Nc3ccc(Cl)cc3)[C@H]2C=C[C@H]1CC. The van der Waals surface area contributed by atoms with Crippen LogP contribution in [0.3, 0.4) is 0 Å². The van der Waals surface area contributed by atoms with Crippen LogP contribution in [0.5, 0.6) is 0 Å². The predicted molar refractivity (Wildman–Crippen MR) is 131 cm³/mol. The Balaban J connectivity index is 2.03. The number of halogens is 1. The minimum Gasteiger partial charge on any atom is -0.466 e. The number of nitrogens with zero attached hydrogens (tertiary/aromatic N) is 1. The number of ether oxygens (including phenoxy) is 1. The fourth-order valence-electron chi connectivity index (χ4n) is 5.36. The zero-order valence-electron chi connectivity index (χ0n) is 20.2. The molecule has 1 aromatic carbocycles. The van der Waals surface area contributed by atoms with Crippen LogP contribution in [-0.4, -0.2) is 53.1 Å². The molecule has 8 heteroatoms. The van der Waals surface area contributed by atoms with E-state index in [9.17, 15) is 19.5 Å². The van der Waals surface area contributed by atoms with Gasteiger partial charge in [0.25, 0.3) is 0 Å². The molecule has 7 nitrogen and oxygen atoms in total. The summed E-state index contributed by atoms with van der Waals surface area (Å²) in [5.41, 5.74) is 0.558. The van der Waals surface area contributed by atoms with Crippen LogP contribution in [0.1, 0.15) is 40.5 Å². The number of carbonyl (C=O) groups excluding carboxylic acids is 3. The van der Waals surface area contributed by atoms with Crippen molar-refractivity contribution in [1.82, 2.24) is 4.90 Å². The summed E-state index contributed by atoms with van der Waals surface area (Å²) < 4.78 is 5.35. The van der Waals surface area contributed by atoms with Crippen molar-refractivity contribution in [2.45, 2.75) is 52.6 Å². The standard InChI is InChI=1S/C26H35ClN2O5/c1-5-16-7-12-20-22(21(16)26(33)34-6-2)25(32)29(19(14-30)13-15(3)4)23(20)24(31)28-18-10-8-17(27)9-11-18/h7-12,15-16,19-23,30H,5-6,13-14H2,1-4H3,(H,28,31)/t16-,19-,20+,21-,22+,23+/m1/s1. The minimum absolute atomic E-state index is 0.151. The Labute approximate surface area is 206 Å². The first-order valence-electron chi connectivity index (χ1n) is 12.1. The molecule has 0 spiro atoms. The Bertz CT molecular complexity index is 916. The van der Waals surface area contributed by atoms with Crippen LogP contribution in [0.15, 0.2) is 36.4 Å². The molecule has 34 heavy (non-hydrogen) atoms. The van der Waals surface area contributed by atoms with Gasteiger partial charge in [0, 0.05) is 16.6 Å². The molecule has 0 saturated carbocycles. The van der Waals surface area contributed by atoms with Gasteiger partial charge in [-0.3, -0.25) is 14.4 Å². The number of aliphatic hydroxyl groups excluding tert-OH is 1. The number of likely N-dealkylation sites (tertiary alicyclic amines) is 1.